The highest BCUT2D eigenvalue weighted by Crippen LogP contribution is 2.27. The molecule has 1 aliphatic rings. The number of rotatable bonds is 6. The third-order valence-corrected chi connectivity index (χ3v) is 4.87. The first-order valence-corrected chi connectivity index (χ1v) is 10.4. The molecule has 0 aliphatic carbocycles. The molecule has 32 heavy (non-hydrogen) atoms. The molecule has 0 saturated carbocycles. The summed E-state index contributed by atoms with van der Waals surface area (Å²) in [6.07, 6.45) is -0.852. The zero-order chi connectivity index (χ0) is 23.3. The molecule has 2 aromatic rings. The highest BCUT2D eigenvalue weighted by molar-refractivity contribution is 5.88. The summed E-state index contributed by atoms with van der Waals surface area (Å²) in [6, 6.07) is 16.6. The second-order valence-electron chi connectivity index (χ2n) is 8.63. The quantitative estimate of drug-likeness (QED) is 0.714. The standard InChI is InChI=1S/C24H28N2O6/c1-24(2,3)32-23(30)26-15-19(13-20(26)22(29)25-14-21(27)28)31-18-11-9-17(10-12-18)16-7-5-4-6-8-16/h4-12,19-20H,13-15H2,1-3H3,(H,25,29)(H,27,28)/t19-,20-/m0/s1. The van der Waals surface area contributed by atoms with Crippen LogP contribution in [0.1, 0.15) is 27.2 Å². The van der Waals surface area contributed by atoms with Crippen molar-refractivity contribution in [3.8, 4) is 16.9 Å². The van der Waals surface area contributed by atoms with Crippen LogP contribution in [0.4, 0.5) is 4.79 Å². The maximum atomic E-state index is 12.7. The number of nitrogens with one attached hydrogen (secondary N) is 1. The van der Waals surface area contributed by atoms with Crippen LogP contribution in [0.25, 0.3) is 11.1 Å². The minimum Gasteiger partial charge on any atom is -0.488 e. The summed E-state index contributed by atoms with van der Waals surface area (Å²) in [5.74, 6) is -1.10. The van der Waals surface area contributed by atoms with Gasteiger partial charge in [-0.15, -0.1) is 0 Å². The van der Waals surface area contributed by atoms with Gasteiger partial charge in [-0.25, -0.2) is 4.79 Å². The van der Waals surface area contributed by atoms with E-state index in [1.807, 2.05) is 54.6 Å². The largest absolute Gasteiger partial charge is 0.488 e. The van der Waals surface area contributed by atoms with Crippen LogP contribution in [-0.4, -0.2) is 58.8 Å². The number of ether oxygens (including phenoxy) is 2. The summed E-state index contributed by atoms with van der Waals surface area (Å²) in [4.78, 5) is 37.3. The first kappa shape index (κ1) is 23.1. The Labute approximate surface area is 187 Å². The fourth-order valence-corrected chi connectivity index (χ4v) is 3.48. The van der Waals surface area contributed by atoms with Crippen LogP contribution in [0.2, 0.25) is 0 Å². The van der Waals surface area contributed by atoms with Crippen molar-refractivity contribution in [3.05, 3.63) is 54.6 Å². The van der Waals surface area contributed by atoms with Crippen molar-refractivity contribution in [2.45, 2.75) is 44.9 Å². The number of carboxylic acids is 1. The van der Waals surface area contributed by atoms with Gasteiger partial charge in [-0.1, -0.05) is 42.5 Å². The molecule has 2 N–H and O–H groups in total. The smallest absolute Gasteiger partial charge is 0.411 e. The molecule has 1 saturated heterocycles. The number of carbonyl (C=O) groups excluding carboxylic acids is 2. The average molecular weight is 440 g/mol. The summed E-state index contributed by atoms with van der Waals surface area (Å²) >= 11 is 0. The number of benzene rings is 2. The SMILES string of the molecule is CC(C)(C)OC(=O)N1C[C@@H](Oc2ccc(-c3ccccc3)cc2)C[C@H]1C(=O)NCC(=O)O. The van der Waals surface area contributed by atoms with Crippen molar-refractivity contribution < 1.29 is 29.0 Å². The normalized spacial score (nSPS) is 18.2. The summed E-state index contributed by atoms with van der Waals surface area (Å²) in [6.45, 7) is 4.85. The molecule has 0 aromatic heterocycles. The van der Waals surface area contributed by atoms with Gasteiger partial charge >= 0.3 is 12.1 Å². The molecule has 1 heterocycles. The van der Waals surface area contributed by atoms with E-state index >= 15 is 0 Å². The Bertz CT molecular complexity index is 953. The number of hydrogen-bond donors (Lipinski definition) is 2. The molecular formula is C24H28N2O6. The van der Waals surface area contributed by atoms with E-state index in [1.165, 1.54) is 4.90 Å². The van der Waals surface area contributed by atoms with E-state index in [2.05, 4.69) is 5.32 Å². The number of aliphatic carboxylic acids is 1. The molecule has 2 amide bonds. The van der Waals surface area contributed by atoms with Crippen LogP contribution in [0, 0.1) is 0 Å². The van der Waals surface area contributed by atoms with E-state index in [1.54, 1.807) is 20.8 Å². The molecule has 8 heteroatoms. The second kappa shape index (κ2) is 9.72. The lowest BCUT2D eigenvalue weighted by Gasteiger charge is -2.27. The second-order valence-corrected chi connectivity index (χ2v) is 8.63. The van der Waals surface area contributed by atoms with Gasteiger partial charge in [-0.2, -0.15) is 0 Å². The lowest BCUT2D eigenvalue weighted by molar-refractivity contribution is -0.138. The fraction of sp³-hybridized carbons (Fsp3) is 0.375. The minimum absolute atomic E-state index is 0.153. The average Bonchev–Trinajstić information content (AvgIpc) is 3.16. The Kier molecular flexibility index (Phi) is 7.02. The third-order valence-electron chi connectivity index (χ3n) is 4.87. The van der Waals surface area contributed by atoms with Crippen molar-refractivity contribution in [2.24, 2.45) is 0 Å². The van der Waals surface area contributed by atoms with Crippen molar-refractivity contribution >= 4 is 18.0 Å². The third kappa shape index (κ3) is 6.23. The summed E-state index contributed by atoms with van der Waals surface area (Å²) < 4.78 is 11.5. The van der Waals surface area contributed by atoms with Crippen molar-refractivity contribution in [1.29, 1.82) is 0 Å². The number of carboxylic acid groups (broad SMARTS) is 1. The minimum atomic E-state index is -1.16. The number of carbonyl (C=O) groups is 3. The van der Waals surface area contributed by atoms with Gasteiger partial charge in [0.05, 0.1) is 6.54 Å². The van der Waals surface area contributed by atoms with Crippen molar-refractivity contribution in [3.63, 3.8) is 0 Å². The molecule has 1 fully saturated rings. The van der Waals surface area contributed by atoms with E-state index < -0.39 is 42.3 Å². The zero-order valence-electron chi connectivity index (χ0n) is 18.4. The molecule has 2 atom stereocenters. The lowest BCUT2D eigenvalue weighted by atomic mass is 10.1. The van der Waals surface area contributed by atoms with E-state index in [0.29, 0.717) is 5.75 Å². The predicted octanol–water partition coefficient (Wildman–Crippen LogP) is 3.31. The topological polar surface area (TPSA) is 105 Å². The molecule has 0 radical (unpaired) electrons. The van der Waals surface area contributed by atoms with E-state index in [9.17, 15) is 14.4 Å². The summed E-state index contributed by atoms with van der Waals surface area (Å²) in [5.41, 5.74) is 1.41. The highest BCUT2D eigenvalue weighted by atomic mass is 16.6. The lowest BCUT2D eigenvalue weighted by Crippen LogP contribution is -2.48. The zero-order valence-corrected chi connectivity index (χ0v) is 18.4. The van der Waals surface area contributed by atoms with Gasteiger partial charge in [0.1, 0.15) is 30.0 Å². The van der Waals surface area contributed by atoms with Gasteiger partial charge in [-0.05, 0) is 44.0 Å². The van der Waals surface area contributed by atoms with E-state index in [0.717, 1.165) is 11.1 Å². The summed E-state index contributed by atoms with van der Waals surface area (Å²) in [7, 11) is 0. The number of hydrogen-bond acceptors (Lipinski definition) is 5. The molecule has 0 unspecified atom stereocenters. The van der Waals surface area contributed by atoms with Gasteiger partial charge in [-0.3, -0.25) is 14.5 Å². The number of nitrogens with zero attached hydrogens (tertiary/aromatic N) is 1. The molecule has 170 valence electrons. The van der Waals surface area contributed by atoms with Gasteiger partial charge < -0.3 is 19.9 Å². The maximum Gasteiger partial charge on any atom is 0.411 e. The fourth-order valence-electron chi connectivity index (χ4n) is 3.48. The molecule has 1 aliphatic heterocycles. The number of amides is 2. The molecule has 8 nitrogen and oxygen atoms in total. The van der Waals surface area contributed by atoms with Gasteiger partial charge in [0.15, 0.2) is 0 Å². The summed E-state index contributed by atoms with van der Waals surface area (Å²) in [5, 5.41) is 11.2. The van der Waals surface area contributed by atoms with Crippen LogP contribution in [-0.2, 0) is 14.3 Å². The van der Waals surface area contributed by atoms with Crippen molar-refractivity contribution in [1.82, 2.24) is 10.2 Å². The van der Waals surface area contributed by atoms with Gasteiger partial charge in [0.25, 0.3) is 0 Å². The van der Waals surface area contributed by atoms with E-state index in [4.69, 9.17) is 14.6 Å². The molecular weight excluding hydrogens is 412 g/mol. The van der Waals surface area contributed by atoms with Crippen LogP contribution in [0.15, 0.2) is 54.6 Å². The Morgan fingerprint density at radius 2 is 1.66 bits per heavy atom. The van der Waals surface area contributed by atoms with Crippen LogP contribution < -0.4 is 10.1 Å². The van der Waals surface area contributed by atoms with Crippen LogP contribution in [0.5, 0.6) is 5.75 Å². The Balaban J connectivity index is 1.70. The first-order chi connectivity index (χ1) is 15.1. The van der Waals surface area contributed by atoms with Gasteiger partial charge in [0.2, 0.25) is 5.91 Å². The van der Waals surface area contributed by atoms with Crippen LogP contribution >= 0.6 is 0 Å². The number of likely N-dealkylation sites (tertiary alicyclic amines) is 1. The Morgan fingerprint density at radius 3 is 2.25 bits per heavy atom. The predicted molar refractivity (Wildman–Crippen MR) is 118 cm³/mol. The van der Waals surface area contributed by atoms with Crippen LogP contribution in [0.3, 0.4) is 0 Å². The maximum absolute atomic E-state index is 12.7. The Morgan fingerprint density at radius 1 is 1.03 bits per heavy atom. The molecule has 2 aromatic carbocycles. The molecule has 0 spiro atoms. The Hall–Kier alpha value is -3.55. The first-order valence-electron chi connectivity index (χ1n) is 10.4. The monoisotopic (exact) mass is 440 g/mol. The van der Waals surface area contributed by atoms with Gasteiger partial charge in [0, 0.05) is 6.42 Å². The molecule has 0 bridgehead atoms. The van der Waals surface area contributed by atoms with E-state index in [-0.39, 0.29) is 13.0 Å². The molecule has 3 rings (SSSR count). The van der Waals surface area contributed by atoms with Crippen molar-refractivity contribution in [2.75, 3.05) is 13.1 Å². The highest BCUT2D eigenvalue weighted by Gasteiger charge is 2.42.